The molecule has 2 aromatic heterocycles. The predicted molar refractivity (Wildman–Crippen MR) is 130 cm³/mol. The molecule has 0 aliphatic rings. The number of nitrogens with one attached hydrogen (secondary N) is 1. The number of hydrogen-bond donors (Lipinski definition) is 3. The van der Waals surface area contributed by atoms with Crippen LogP contribution >= 0.6 is 0 Å². The van der Waals surface area contributed by atoms with Gasteiger partial charge in [-0.3, -0.25) is 4.79 Å². The molecular formula is C25H30N6O. The van der Waals surface area contributed by atoms with Gasteiger partial charge < -0.3 is 21.4 Å². The molecule has 0 aliphatic carbocycles. The van der Waals surface area contributed by atoms with Crippen molar-refractivity contribution >= 4 is 39.3 Å². The first-order valence-electron chi connectivity index (χ1n) is 11.3. The van der Waals surface area contributed by atoms with Gasteiger partial charge in [-0.25, -0.2) is 9.97 Å². The number of anilines is 2. The summed E-state index contributed by atoms with van der Waals surface area (Å²) in [5.41, 5.74) is 16.0. The molecule has 4 rings (SSSR count). The summed E-state index contributed by atoms with van der Waals surface area (Å²) in [5, 5.41) is 4.06. The third kappa shape index (κ3) is 4.51. The molecule has 0 fully saturated rings. The fourth-order valence-corrected chi connectivity index (χ4v) is 4.00. The molecule has 0 unspecified atom stereocenters. The van der Waals surface area contributed by atoms with E-state index >= 15 is 0 Å². The topological polar surface area (TPSA) is 112 Å². The zero-order chi connectivity index (χ0) is 22.5. The number of benzene rings is 2. The number of carbonyl (C=O) groups is 1. The highest BCUT2D eigenvalue weighted by atomic mass is 16.1. The number of nitrogens with zero attached hydrogens (tertiary/aromatic N) is 3. The van der Waals surface area contributed by atoms with Gasteiger partial charge in [0.2, 0.25) is 0 Å². The summed E-state index contributed by atoms with van der Waals surface area (Å²) in [5.74, 6) is 1.45. The number of hydrogen-bond acceptors (Lipinski definition) is 5. The van der Waals surface area contributed by atoms with Crippen molar-refractivity contribution in [3.63, 3.8) is 0 Å². The zero-order valence-corrected chi connectivity index (χ0v) is 18.5. The van der Waals surface area contributed by atoms with Crippen molar-refractivity contribution < 1.29 is 4.79 Å². The van der Waals surface area contributed by atoms with Gasteiger partial charge in [0.1, 0.15) is 11.3 Å². The normalized spacial score (nSPS) is 11.3. The third-order valence-corrected chi connectivity index (χ3v) is 5.71. The van der Waals surface area contributed by atoms with E-state index in [1.165, 1.54) is 0 Å². The van der Waals surface area contributed by atoms with Crippen molar-refractivity contribution in [1.82, 2.24) is 19.9 Å². The number of unbranched alkanes of at least 4 members (excludes halogenated alkanes) is 2. The van der Waals surface area contributed by atoms with Gasteiger partial charge in [0.15, 0.2) is 5.82 Å². The lowest BCUT2D eigenvalue weighted by molar-refractivity contribution is 0.0953. The van der Waals surface area contributed by atoms with Crippen LogP contribution < -0.4 is 16.8 Å². The molecule has 7 heteroatoms. The highest BCUT2D eigenvalue weighted by Gasteiger charge is 2.16. The standard InChI is InChI=1S/C25H30N6O/c1-2-3-10-21-30-22-23(19-8-4-5-9-20(19)29-24(22)27)31(21)16-7-6-15-28-25(32)17-11-13-18(26)14-12-17/h4-5,8-9,11-14H,2-3,6-7,10,15-16,26H2,1H3,(H2,27,29)(H,28,32). The minimum Gasteiger partial charge on any atom is -0.399 e. The van der Waals surface area contributed by atoms with Crippen LogP contribution in [0.25, 0.3) is 21.9 Å². The lowest BCUT2D eigenvalue weighted by Crippen LogP contribution is -2.24. The summed E-state index contributed by atoms with van der Waals surface area (Å²) < 4.78 is 2.30. The first-order valence-corrected chi connectivity index (χ1v) is 11.3. The van der Waals surface area contributed by atoms with E-state index in [9.17, 15) is 4.79 Å². The molecule has 0 spiro atoms. The Morgan fingerprint density at radius 2 is 1.78 bits per heavy atom. The van der Waals surface area contributed by atoms with Gasteiger partial charge in [-0.1, -0.05) is 31.5 Å². The Morgan fingerprint density at radius 3 is 2.56 bits per heavy atom. The summed E-state index contributed by atoms with van der Waals surface area (Å²) in [6.45, 7) is 3.62. The smallest absolute Gasteiger partial charge is 0.251 e. The number of fused-ring (bicyclic) bond motifs is 3. The Hall–Kier alpha value is -3.61. The minimum absolute atomic E-state index is 0.0773. The van der Waals surface area contributed by atoms with E-state index in [0.717, 1.165) is 66.4 Å². The second-order valence-corrected chi connectivity index (χ2v) is 8.08. The SMILES string of the molecule is CCCCc1nc2c(N)nc3ccccc3c2n1CCCCNC(=O)c1ccc(N)cc1. The van der Waals surface area contributed by atoms with Crippen molar-refractivity contribution in [2.24, 2.45) is 0 Å². The van der Waals surface area contributed by atoms with Gasteiger partial charge >= 0.3 is 0 Å². The van der Waals surface area contributed by atoms with Crippen LogP contribution in [0, 0.1) is 0 Å². The van der Waals surface area contributed by atoms with Crippen molar-refractivity contribution in [2.75, 3.05) is 18.0 Å². The number of carbonyl (C=O) groups excluding carboxylic acids is 1. The number of amides is 1. The predicted octanol–water partition coefficient (Wildman–Crippen LogP) is 4.30. The molecule has 0 aliphatic heterocycles. The largest absolute Gasteiger partial charge is 0.399 e. The Bertz CT molecular complexity index is 1230. The van der Waals surface area contributed by atoms with E-state index in [4.69, 9.17) is 16.5 Å². The molecular weight excluding hydrogens is 400 g/mol. The number of para-hydroxylation sites is 1. The molecule has 0 saturated heterocycles. The second kappa shape index (κ2) is 9.68. The summed E-state index contributed by atoms with van der Waals surface area (Å²) in [7, 11) is 0. The fourth-order valence-electron chi connectivity index (χ4n) is 4.00. The quantitative estimate of drug-likeness (QED) is 0.271. The van der Waals surface area contributed by atoms with E-state index in [1.807, 2.05) is 18.2 Å². The molecule has 5 N–H and O–H groups in total. The molecule has 0 radical (unpaired) electrons. The Labute approximate surface area is 187 Å². The lowest BCUT2D eigenvalue weighted by atomic mass is 10.1. The molecule has 1 amide bonds. The second-order valence-electron chi connectivity index (χ2n) is 8.08. The van der Waals surface area contributed by atoms with E-state index in [2.05, 4.69) is 27.9 Å². The number of imidazole rings is 1. The monoisotopic (exact) mass is 430 g/mol. The van der Waals surface area contributed by atoms with E-state index in [1.54, 1.807) is 24.3 Å². The van der Waals surface area contributed by atoms with E-state index in [-0.39, 0.29) is 5.91 Å². The van der Waals surface area contributed by atoms with Gasteiger partial charge in [0.05, 0.1) is 11.0 Å². The Kier molecular flexibility index (Phi) is 6.54. The maximum atomic E-state index is 12.3. The number of rotatable bonds is 9. The third-order valence-electron chi connectivity index (χ3n) is 5.71. The van der Waals surface area contributed by atoms with Crippen LogP contribution in [0.15, 0.2) is 48.5 Å². The van der Waals surface area contributed by atoms with Gasteiger partial charge in [0, 0.05) is 36.1 Å². The summed E-state index contributed by atoms with van der Waals surface area (Å²) in [6.07, 6.45) is 4.88. The number of nitrogen functional groups attached to an aromatic ring is 2. The molecule has 32 heavy (non-hydrogen) atoms. The number of pyridine rings is 1. The van der Waals surface area contributed by atoms with Gasteiger partial charge in [0.25, 0.3) is 5.91 Å². The van der Waals surface area contributed by atoms with Gasteiger partial charge in [-0.2, -0.15) is 0 Å². The van der Waals surface area contributed by atoms with Crippen LogP contribution in [0.5, 0.6) is 0 Å². The minimum atomic E-state index is -0.0773. The summed E-state index contributed by atoms with van der Waals surface area (Å²) in [6, 6.07) is 15.0. The molecule has 0 bridgehead atoms. The maximum absolute atomic E-state index is 12.3. The lowest BCUT2D eigenvalue weighted by Gasteiger charge is -2.11. The highest BCUT2D eigenvalue weighted by Crippen LogP contribution is 2.29. The molecule has 2 heterocycles. The van der Waals surface area contributed by atoms with Crippen molar-refractivity contribution in [3.05, 3.63) is 59.9 Å². The highest BCUT2D eigenvalue weighted by molar-refractivity contribution is 6.06. The number of aromatic nitrogens is 3. The average Bonchev–Trinajstić information content (AvgIpc) is 3.17. The number of aryl methyl sites for hydroxylation is 2. The maximum Gasteiger partial charge on any atom is 0.251 e. The molecule has 0 saturated carbocycles. The Morgan fingerprint density at radius 1 is 1.00 bits per heavy atom. The molecule has 0 atom stereocenters. The number of nitrogens with two attached hydrogens (primary N) is 2. The fraction of sp³-hybridized carbons (Fsp3) is 0.320. The van der Waals surface area contributed by atoms with E-state index < -0.39 is 0 Å². The zero-order valence-electron chi connectivity index (χ0n) is 18.5. The van der Waals surface area contributed by atoms with Crippen molar-refractivity contribution in [1.29, 1.82) is 0 Å². The summed E-state index contributed by atoms with van der Waals surface area (Å²) >= 11 is 0. The van der Waals surface area contributed by atoms with Crippen LogP contribution in [-0.4, -0.2) is 27.0 Å². The molecule has 2 aromatic carbocycles. The van der Waals surface area contributed by atoms with Crippen LogP contribution in [0.1, 0.15) is 48.8 Å². The van der Waals surface area contributed by atoms with Crippen LogP contribution in [0.3, 0.4) is 0 Å². The molecule has 7 nitrogen and oxygen atoms in total. The van der Waals surface area contributed by atoms with Gasteiger partial charge in [-0.05, 0) is 49.6 Å². The van der Waals surface area contributed by atoms with Crippen LogP contribution in [-0.2, 0) is 13.0 Å². The summed E-state index contributed by atoms with van der Waals surface area (Å²) in [4.78, 5) is 21.7. The van der Waals surface area contributed by atoms with Crippen LogP contribution in [0.4, 0.5) is 11.5 Å². The average molecular weight is 431 g/mol. The van der Waals surface area contributed by atoms with Gasteiger partial charge in [-0.15, -0.1) is 0 Å². The first kappa shape index (κ1) is 21.6. The van der Waals surface area contributed by atoms with Crippen LogP contribution in [0.2, 0.25) is 0 Å². The van der Waals surface area contributed by atoms with Crippen molar-refractivity contribution in [3.8, 4) is 0 Å². The molecule has 166 valence electrons. The first-order chi connectivity index (χ1) is 15.6. The Balaban J connectivity index is 1.49. The molecule has 4 aromatic rings. The van der Waals surface area contributed by atoms with Crippen molar-refractivity contribution in [2.45, 2.75) is 45.6 Å². The van der Waals surface area contributed by atoms with E-state index in [0.29, 0.717) is 23.6 Å².